The average Bonchev–Trinajstić information content (AvgIpc) is 3.24. The van der Waals surface area contributed by atoms with Crippen LogP contribution in [0.25, 0.3) is 0 Å². The number of hydrogen-bond acceptors (Lipinski definition) is 3. The third-order valence-corrected chi connectivity index (χ3v) is 8.44. The van der Waals surface area contributed by atoms with Crippen molar-refractivity contribution >= 4 is 0 Å². The van der Waals surface area contributed by atoms with Crippen LogP contribution in [0.5, 0.6) is 0 Å². The molecule has 0 aromatic carbocycles. The summed E-state index contributed by atoms with van der Waals surface area (Å²) in [5.41, 5.74) is 2.48. The number of allylic oxidation sites excluding steroid dienone is 1. The highest BCUT2D eigenvalue weighted by molar-refractivity contribution is 5.32. The molecule has 0 unspecified atom stereocenters. The first-order valence-corrected chi connectivity index (χ1v) is 10.3. The van der Waals surface area contributed by atoms with Crippen LogP contribution in [0.3, 0.4) is 0 Å². The molecular weight excluding hydrogens is 300 g/mol. The first-order valence-electron chi connectivity index (χ1n) is 10.3. The van der Waals surface area contributed by atoms with Gasteiger partial charge in [-0.3, -0.25) is 0 Å². The van der Waals surface area contributed by atoms with Gasteiger partial charge in [0.15, 0.2) is 0 Å². The van der Waals surface area contributed by atoms with Gasteiger partial charge >= 0.3 is 0 Å². The maximum Gasteiger partial charge on any atom is 0.106 e. The number of ether oxygens (including phenoxy) is 1. The zero-order valence-electron chi connectivity index (χ0n) is 15.3. The summed E-state index contributed by atoms with van der Waals surface area (Å²) in [7, 11) is 0. The lowest BCUT2D eigenvalue weighted by Crippen LogP contribution is -2.51. The lowest BCUT2D eigenvalue weighted by atomic mass is 9.48. The molecule has 0 aromatic heterocycles. The summed E-state index contributed by atoms with van der Waals surface area (Å²) in [5, 5.41) is 0. The zero-order chi connectivity index (χ0) is 16.4. The van der Waals surface area contributed by atoms with E-state index >= 15 is 0 Å². The van der Waals surface area contributed by atoms with E-state index in [2.05, 4.69) is 13.0 Å². The molecule has 24 heavy (non-hydrogen) atoms. The molecule has 0 radical (unpaired) electrons. The molecule has 4 fully saturated rings. The Labute approximate surface area is 146 Å². The molecule has 134 valence electrons. The number of epoxide rings is 1. The third-order valence-electron chi connectivity index (χ3n) is 8.44. The quantitative estimate of drug-likeness (QED) is 0.246. The fourth-order valence-electron chi connectivity index (χ4n) is 7.25. The van der Waals surface area contributed by atoms with Gasteiger partial charge < -0.3 is 4.74 Å². The van der Waals surface area contributed by atoms with Gasteiger partial charge in [0.2, 0.25) is 0 Å². The number of rotatable bonds is 4. The second kappa shape index (κ2) is 5.56. The number of hydrogen-bond donors (Lipinski definition) is 0. The van der Waals surface area contributed by atoms with E-state index in [1.54, 1.807) is 5.57 Å². The topological polar surface area (TPSA) is 31.0 Å². The van der Waals surface area contributed by atoms with Gasteiger partial charge in [-0.2, -0.15) is 0 Å². The van der Waals surface area contributed by atoms with Crippen LogP contribution >= 0.6 is 0 Å². The molecule has 1 heterocycles. The van der Waals surface area contributed by atoms with Gasteiger partial charge in [-0.15, -0.1) is 0 Å². The van der Waals surface area contributed by atoms with Crippen molar-refractivity contribution in [3.63, 3.8) is 0 Å². The van der Waals surface area contributed by atoms with E-state index in [1.807, 2.05) is 6.92 Å². The summed E-state index contributed by atoms with van der Waals surface area (Å²) < 4.78 is 5.96. The molecule has 0 N–H and O–H groups in total. The maximum atomic E-state index is 5.96. The van der Waals surface area contributed by atoms with Crippen LogP contribution in [0.4, 0.5) is 0 Å². The van der Waals surface area contributed by atoms with E-state index in [1.165, 1.54) is 51.4 Å². The Morgan fingerprint density at radius 2 is 2.04 bits per heavy atom. The van der Waals surface area contributed by atoms with Gasteiger partial charge in [0.05, 0.1) is 19.3 Å². The van der Waals surface area contributed by atoms with Crippen LogP contribution in [-0.2, 0) is 14.5 Å². The molecule has 5 aliphatic rings. The highest BCUT2D eigenvalue weighted by Crippen LogP contribution is 2.66. The largest absolute Gasteiger partial charge is 0.365 e. The van der Waals surface area contributed by atoms with Gasteiger partial charge in [-0.1, -0.05) is 19.4 Å². The maximum absolute atomic E-state index is 5.96. The highest BCUT2D eigenvalue weighted by atomic mass is 17.2. The summed E-state index contributed by atoms with van der Waals surface area (Å²) in [5.74, 6) is 2.56. The Bertz CT molecular complexity index is 543. The van der Waals surface area contributed by atoms with E-state index in [0.29, 0.717) is 29.6 Å². The Morgan fingerprint density at radius 1 is 1.12 bits per heavy atom. The zero-order valence-corrected chi connectivity index (χ0v) is 15.3. The first kappa shape index (κ1) is 15.8. The van der Waals surface area contributed by atoms with Gasteiger partial charge in [-0.05, 0) is 80.6 Å². The Hall–Kier alpha value is -0.380. The molecule has 0 spiro atoms. The minimum absolute atomic E-state index is 0.394. The highest BCUT2D eigenvalue weighted by Gasteiger charge is 2.61. The van der Waals surface area contributed by atoms with Gasteiger partial charge in [0.1, 0.15) is 6.10 Å². The summed E-state index contributed by atoms with van der Waals surface area (Å²) in [6.45, 7) is 6.03. The van der Waals surface area contributed by atoms with Crippen LogP contribution < -0.4 is 0 Å². The van der Waals surface area contributed by atoms with Crippen molar-refractivity contribution in [2.75, 3.05) is 13.2 Å². The molecule has 3 heteroatoms. The monoisotopic (exact) mass is 332 g/mol. The molecule has 1 saturated heterocycles. The molecule has 0 amide bonds. The number of fused-ring (bicyclic) bond motifs is 7. The molecule has 0 aromatic rings. The Morgan fingerprint density at radius 3 is 2.92 bits per heavy atom. The fourth-order valence-corrected chi connectivity index (χ4v) is 7.25. The van der Waals surface area contributed by atoms with Crippen molar-refractivity contribution in [3.8, 4) is 0 Å². The van der Waals surface area contributed by atoms with E-state index in [4.69, 9.17) is 14.5 Å². The summed E-state index contributed by atoms with van der Waals surface area (Å²) in [6, 6.07) is 0. The fraction of sp³-hybridized carbons (Fsp3) is 0.905. The lowest BCUT2D eigenvalue weighted by molar-refractivity contribution is -0.314. The van der Waals surface area contributed by atoms with Crippen LogP contribution in [0, 0.1) is 28.6 Å². The molecule has 0 bridgehead atoms. The van der Waals surface area contributed by atoms with Crippen molar-refractivity contribution in [2.45, 2.75) is 77.4 Å². The minimum atomic E-state index is 0.394. The molecule has 3 nitrogen and oxygen atoms in total. The second-order valence-corrected chi connectivity index (χ2v) is 9.29. The molecule has 4 aliphatic carbocycles. The molecule has 5 rings (SSSR count). The van der Waals surface area contributed by atoms with Crippen molar-refractivity contribution in [1.82, 2.24) is 0 Å². The van der Waals surface area contributed by atoms with Gasteiger partial charge in [0.25, 0.3) is 0 Å². The van der Waals surface area contributed by atoms with Crippen molar-refractivity contribution in [2.24, 2.45) is 28.6 Å². The first-order chi connectivity index (χ1) is 11.7. The smallest absolute Gasteiger partial charge is 0.106 e. The van der Waals surface area contributed by atoms with E-state index in [-0.39, 0.29) is 0 Å². The van der Waals surface area contributed by atoms with Crippen molar-refractivity contribution in [1.29, 1.82) is 0 Å². The Balaban J connectivity index is 1.41. The summed E-state index contributed by atoms with van der Waals surface area (Å²) >= 11 is 0. The van der Waals surface area contributed by atoms with Crippen LogP contribution in [0.15, 0.2) is 11.6 Å². The Kier molecular flexibility index (Phi) is 3.67. The normalized spacial score (nSPS) is 51.9. The van der Waals surface area contributed by atoms with Crippen LogP contribution in [0.1, 0.15) is 65.2 Å². The standard InChI is InChI=1S/C21H32O3/c1-3-22-23-13-21-10-4-5-16(21)14-6-7-17-19-18(24-19)9-11-20(17,2)15(14)8-12-21/h7,14-16,18-19H,3-6,8-13H2,1-2H3/t14-,15+,16+,18-,19+,20-,21+/m1/s1. The third kappa shape index (κ3) is 2.13. The lowest BCUT2D eigenvalue weighted by Gasteiger charge is -2.56. The van der Waals surface area contributed by atoms with E-state index in [9.17, 15) is 0 Å². The van der Waals surface area contributed by atoms with E-state index < -0.39 is 0 Å². The second-order valence-electron chi connectivity index (χ2n) is 9.29. The van der Waals surface area contributed by atoms with Crippen LogP contribution in [0.2, 0.25) is 0 Å². The molecule has 7 atom stereocenters. The SMILES string of the molecule is CCOOC[C@@]12CCC[C@H]1[C@@H]1CC=C3[C@@H]4O[C@@H]4CC[C@]3(C)[C@H]1CC2. The predicted octanol–water partition coefficient (Wildman–Crippen LogP) is 4.66. The minimum Gasteiger partial charge on any atom is -0.365 e. The van der Waals surface area contributed by atoms with Crippen molar-refractivity contribution < 1.29 is 14.5 Å². The molecular formula is C21H32O3. The molecule has 1 aliphatic heterocycles. The van der Waals surface area contributed by atoms with Crippen LogP contribution in [-0.4, -0.2) is 25.4 Å². The van der Waals surface area contributed by atoms with Gasteiger partial charge in [0, 0.05) is 5.41 Å². The van der Waals surface area contributed by atoms with Gasteiger partial charge in [-0.25, -0.2) is 9.78 Å². The predicted molar refractivity (Wildman–Crippen MR) is 92.3 cm³/mol. The summed E-state index contributed by atoms with van der Waals surface area (Å²) in [4.78, 5) is 10.9. The van der Waals surface area contributed by atoms with Crippen molar-refractivity contribution in [3.05, 3.63) is 11.6 Å². The van der Waals surface area contributed by atoms with E-state index in [0.717, 1.165) is 24.4 Å². The molecule has 3 saturated carbocycles. The average molecular weight is 332 g/mol. The summed E-state index contributed by atoms with van der Waals surface area (Å²) in [6.07, 6.45) is 14.4.